The highest BCUT2D eigenvalue weighted by Gasteiger charge is 2.42. The van der Waals surface area contributed by atoms with E-state index in [0.717, 1.165) is 37.7 Å². The first-order valence-electron chi connectivity index (χ1n) is 14.1. The molecule has 1 aliphatic carbocycles. The number of amides is 1. The number of aryl methyl sites for hydroxylation is 1. The van der Waals surface area contributed by atoms with Crippen LogP contribution in [0.1, 0.15) is 87.8 Å². The number of ether oxygens (including phenoxy) is 1. The Balaban J connectivity index is 1.65. The molecule has 38 heavy (non-hydrogen) atoms. The van der Waals surface area contributed by atoms with Gasteiger partial charge in [-0.05, 0) is 81.9 Å². The van der Waals surface area contributed by atoms with Crippen LogP contribution in [0, 0.1) is 5.92 Å². The number of carbonyl (C=O) groups excluding carboxylic acids is 3. The van der Waals surface area contributed by atoms with Crippen LogP contribution >= 0.6 is 0 Å². The molecule has 0 bridgehead atoms. The summed E-state index contributed by atoms with van der Waals surface area (Å²) in [6.45, 7) is 6.07. The molecule has 1 fully saturated rings. The first-order valence-corrected chi connectivity index (χ1v) is 14.1. The van der Waals surface area contributed by atoms with Gasteiger partial charge in [0.1, 0.15) is 5.92 Å². The lowest BCUT2D eigenvalue weighted by Crippen LogP contribution is -2.52. The number of likely N-dealkylation sites (tertiary alicyclic amines) is 1. The van der Waals surface area contributed by atoms with Gasteiger partial charge in [0.15, 0.2) is 5.78 Å². The van der Waals surface area contributed by atoms with Gasteiger partial charge in [0.25, 0.3) is 0 Å². The maximum absolute atomic E-state index is 14.4. The molecule has 2 aliphatic rings. The van der Waals surface area contributed by atoms with E-state index in [2.05, 4.69) is 18.2 Å². The van der Waals surface area contributed by atoms with Crippen LogP contribution in [0.15, 0.2) is 54.6 Å². The summed E-state index contributed by atoms with van der Waals surface area (Å²) in [5, 5.41) is 0. The summed E-state index contributed by atoms with van der Waals surface area (Å²) >= 11 is 0. The summed E-state index contributed by atoms with van der Waals surface area (Å²) in [4.78, 5) is 42.7. The number of esters is 1. The van der Waals surface area contributed by atoms with Gasteiger partial charge in [-0.25, -0.2) is 0 Å². The second-order valence-electron chi connectivity index (χ2n) is 11.5. The Kier molecular flexibility index (Phi) is 9.03. The van der Waals surface area contributed by atoms with Gasteiger partial charge < -0.3 is 15.4 Å². The van der Waals surface area contributed by atoms with Gasteiger partial charge in [0.2, 0.25) is 5.91 Å². The zero-order valence-electron chi connectivity index (χ0n) is 23.0. The monoisotopic (exact) mass is 518 g/mol. The molecule has 2 N–H and O–H groups in total. The van der Waals surface area contributed by atoms with Crippen LogP contribution in [0.3, 0.4) is 0 Å². The third-order valence-corrected chi connectivity index (χ3v) is 8.24. The van der Waals surface area contributed by atoms with Crippen molar-refractivity contribution < 1.29 is 19.1 Å². The second kappa shape index (κ2) is 12.2. The van der Waals surface area contributed by atoms with Crippen molar-refractivity contribution in [3.63, 3.8) is 0 Å². The molecule has 4 rings (SSSR count). The number of Topliss-reactive ketones (excluding diaryl/α,β-unsaturated/α-hetero) is 1. The molecule has 6 nitrogen and oxygen atoms in total. The fraction of sp³-hybridized carbons (Fsp3) is 0.531. The van der Waals surface area contributed by atoms with Crippen molar-refractivity contribution in [1.82, 2.24) is 4.90 Å². The van der Waals surface area contributed by atoms with Gasteiger partial charge in [-0.3, -0.25) is 14.4 Å². The molecule has 3 unspecified atom stereocenters. The third-order valence-electron chi connectivity index (χ3n) is 8.24. The molecule has 4 atom stereocenters. The summed E-state index contributed by atoms with van der Waals surface area (Å²) in [5.41, 5.74) is 8.64. The number of ketones is 1. The van der Waals surface area contributed by atoms with E-state index in [-0.39, 0.29) is 42.6 Å². The number of nitrogens with zero attached hydrogens (tertiary/aromatic N) is 1. The van der Waals surface area contributed by atoms with Crippen molar-refractivity contribution in [3.05, 3.63) is 71.3 Å². The maximum atomic E-state index is 14.4. The largest absolute Gasteiger partial charge is 0.465 e. The Labute approximate surface area is 226 Å². The number of hydrogen-bond donors (Lipinski definition) is 1. The minimum atomic E-state index is -1.01. The van der Waals surface area contributed by atoms with E-state index in [1.807, 2.05) is 41.3 Å². The van der Waals surface area contributed by atoms with Crippen LogP contribution in [0.25, 0.3) is 0 Å². The van der Waals surface area contributed by atoms with E-state index in [4.69, 9.17) is 10.5 Å². The molecule has 204 valence electrons. The number of rotatable bonds is 10. The topological polar surface area (TPSA) is 89.7 Å². The quantitative estimate of drug-likeness (QED) is 0.440. The van der Waals surface area contributed by atoms with Crippen molar-refractivity contribution in [2.45, 2.75) is 89.1 Å². The van der Waals surface area contributed by atoms with Gasteiger partial charge in [-0.2, -0.15) is 0 Å². The zero-order valence-corrected chi connectivity index (χ0v) is 23.0. The minimum absolute atomic E-state index is 0.0399. The number of nitrogens with two attached hydrogens (primary N) is 1. The molecule has 2 aromatic carbocycles. The van der Waals surface area contributed by atoms with Crippen LogP contribution in [0.4, 0.5) is 0 Å². The number of piperidine rings is 1. The first kappa shape index (κ1) is 28.0. The highest BCUT2D eigenvalue weighted by Crippen LogP contribution is 2.40. The molecule has 0 saturated carbocycles. The molecule has 2 aromatic rings. The Morgan fingerprint density at radius 2 is 1.74 bits per heavy atom. The van der Waals surface area contributed by atoms with Crippen molar-refractivity contribution in [3.8, 4) is 0 Å². The molecule has 6 heteroatoms. The minimum Gasteiger partial charge on any atom is -0.465 e. The van der Waals surface area contributed by atoms with Crippen LogP contribution in [-0.4, -0.2) is 47.3 Å². The lowest BCUT2D eigenvalue weighted by atomic mass is 9.81. The summed E-state index contributed by atoms with van der Waals surface area (Å²) in [6.07, 6.45) is 5.22. The number of fused-ring (bicyclic) bond motifs is 1. The first-order chi connectivity index (χ1) is 18.2. The Hall–Kier alpha value is -2.99. The number of carbonyl (C=O) groups is 3. The van der Waals surface area contributed by atoms with Crippen molar-refractivity contribution >= 4 is 17.7 Å². The van der Waals surface area contributed by atoms with Gasteiger partial charge >= 0.3 is 5.97 Å². The predicted molar refractivity (Wildman–Crippen MR) is 149 cm³/mol. The van der Waals surface area contributed by atoms with Crippen molar-refractivity contribution in [2.24, 2.45) is 11.7 Å². The molecule has 1 heterocycles. The normalized spacial score (nSPS) is 20.9. The third kappa shape index (κ3) is 6.35. The van der Waals surface area contributed by atoms with Crippen LogP contribution < -0.4 is 5.73 Å². The lowest BCUT2D eigenvalue weighted by molar-refractivity contribution is -0.151. The van der Waals surface area contributed by atoms with E-state index >= 15 is 0 Å². The standard InChI is InChI=1S/C32H42N2O4/c1-4-38-31(37)29(23-13-6-5-7-14-23)27-16-10-11-19-34(27)30(36)25(21-28(35)32(2,3)33)20-24-18-17-22-12-8-9-15-26(22)24/h5-9,12-15,24-25,27,29H,4,10-11,16-21,33H2,1-3H3/t24?,25?,27-,29?/m1/s1. The average Bonchev–Trinajstić information content (AvgIpc) is 3.31. The fourth-order valence-electron chi connectivity index (χ4n) is 6.21. The van der Waals surface area contributed by atoms with Crippen molar-refractivity contribution in [1.29, 1.82) is 0 Å². The summed E-state index contributed by atoms with van der Waals surface area (Å²) in [7, 11) is 0. The molecular weight excluding hydrogens is 476 g/mol. The second-order valence-corrected chi connectivity index (χ2v) is 11.5. The Morgan fingerprint density at radius 3 is 2.45 bits per heavy atom. The average molecular weight is 519 g/mol. The number of hydrogen-bond acceptors (Lipinski definition) is 5. The van der Waals surface area contributed by atoms with E-state index in [0.29, 0.717) is 13.0 Å². The Bertz CT molecular complexity index is 1120. The molecule has 1 amide bonds. The maximum Gasteiger partial charge on any atom is 0.315 e. The summed E-state index contributed by atoms with van der Waals surface area (Å²) in [5.74, 6) is -1.27. The van der Waals surface area contributed by atoms with Gasteiger partial charge in [0, 0.05) is 24.9 Å². The predicted octanol–water partition coefficient (Wildman–Crippen LogP) is 5.15. The van der Waals surface area contributed by atoms with Crippen molar-refractivity contribution in [2.75, 3.05) is 13.2 Å². The van der Waals surface area contributed by atoms with Crippen LogP contribution in [-0.2, 0) is 25.5 Å². The van der Waals surface area contributed by atoms with Crippen LogP contribution in [0.5, 0.6) is 0 Å². The van der Waals surface area contributed by atoms with Gasteiger partial charge in [-0.1, -0.05) is 54.6 Å². The fourth-order valence-corrected chi connectivity index (χ4v) is 6.21. The summed E-state index contributed by atoms with van der Waals surface area (Å²) in [6, 6.07) is 17.7. The highest BCUT2D eigenvalue weighted by atomic mass is 16.5. The molecular formula is C32H42N2O4. The Morgan fingerprint density at radius 1 is 1.03 bits per heavy atom. The number of benzene rings is 2. The summed E-state index contributed by atoms with van der Waals surface area (Å²) < 4.78 is 5.51. The van der Waals surface area contributed by atoms with E-state index in [9.17, 15) is 14.4 Å². The lowest BCUT2D eigenvalue weighted by Gasteiger charge is -2.41. The SMILES string of the molecule is CCOC(=O)C(c1ccccc1)[C@H]1CCCCN1C(=O)C(CC(=O)C(C)(C)N)CC1CCc2ccccc21. The van der Waals surface area contributed by atoms with Gasteiger partial charge in [0.05, 0.1) is 12.1 Å². The molecule has 0 radical (unpaired) electrons. The van der Waals surface area contributed by atoms with E-state index < -0.39 is 17.4 Å². The van der Waals surface area contributed by atoms with Gasteiger partial charge in [-0.15, -0.1) is 0 Å². The van der Waals surface area contributed by atoms with E-state index in [1.54, 1.807) is 20.8 Å². The molecule has 0 spiro atoms. The highest BCUT2D eigenvalue weighted by molar-refractivity contribution is 5.92. The smallest absolute Gasteiger partial charge is 0.315 e. The molecule has 0 aromatic heterocycles. The zero-order chi connectivity index (χ0) is 27.3. The van der Waals surface area contributed by atoms with E-state index in [1.165, 1.54) is 11.1 Å². The van der Waals surface area contributed by atoms with Crippen LogP contribution in [0.2, 0.25) is 0 Å². The molecule has 1 saturated heterocycles. The molecule has 1 aliphatic heterocycles.